The van der Waals surface area contributed by atoms with Crippen molar-refractivity contribution >= 4 is 29.0 Å². The summed E-state index contributed by atoms with van der Waals surface area (Å²) in [7, 11) is 0. The lowest BCUT2D eigenvalue weighted by Crippen LogP contribution is -2.06. The summed E-state index contributed by atoms with van der Waals surface area (Å²) in [6, 6.07) is 17.2. The van der Waals surface area contributed by atoms with E-state index >= 15 is 0 Å². The Morgan fingerprint density at radius 2 is 2.00 bits per heavy atom. The number of thioether (sulfide) groups is 1. The molecule has 0 saturated carbocycles. The fourth-order valence-electron chi connectivity index (χ4n) is 1.82. The molecule has 2 rings (SSSR count). The van der Waals surface area contributed by atoms with E-state index in [0.29, 0.717) is 16.4 Å². The van der Waals surface area contributed by atoms with Crippen LogP contribution in [0, 0.1) is 11.3 Å². The van der Waals surface area contributed by atoms with Crippen LogP contribution >= 0.6 is 24.0 Å². The van der Waals surface area contributed by atoms with Gasteiger partial charge in [0.25, 0.3) is 0 Å². The lowest BCUT2D eigenvalue weighted by Gasteiger charge is -2.08. The Morgan fingerprint density at radius 1 is 1.23 bits per heavy atom. The molecule has 0 spiro atoms. The fourth-order valence-corrected chi connectivity index (χ4v) is 3.05. The molecule has 0 aliphatic rings. The quantitative estimate of drug-likeness (QED) is 0.414. The fraction of sp³-hybridized carbons (Fsp3) is 0.222. The number of ether oxygens (including phenoxy) is 1. The molecule has 0 aromatic heterocycles. The number of hydrogen-bond donors (Lipinski definition) is 0. The number of benzene rings is 2. The molecular weight excluding hydrogens is 310 g/mol. The van der Waals surface area contributed by atoms with Gasteiger partial charge in [0.05, 0.1) is 11.6 Å². The van der Waals surface area contributed by atoms with Crippen LogP contribution in [0.25, 0.3) is 0 Å². The zero-order valence-corrected chi connectivity index (χ0v) is 14.0. The first-order valence-electron chi connectivity index (χ1n) is 7.18. The smallest absolute Gasteiger partial charge is 0.198 e. The third kappa shape index (κ3) is 4.87. The van der Waals surface area contributed by atoms with Gasteiger partial charge in [-0.1, -0.05) is 19.4 Å². The van der Waals surface area contributed by atoms with Gasteiger partial charge in [0.2, 0.25) is 0 Å². The zero-order chi connectivity index (χ0) is 15.8. The summed E-state index contributed by atoms with van der Waals surface area (Å²) >= 11 is 7.17. The second kappa shape index (κ2) is 8.57. The Hall–Kier alpha value is -1.83. The van der Waals surface area contributed by atoms with Crippen molar-refractivity contribution in [3.8, 4) is 11.8 Å². The van der Waals surface area contributed by atoms with Gasteiger partial charge in [0.1, 0.15) is 5.75 Å². The van der Waals surface area contributed by atoms with Crippen molar-refractivity contribution in [2.24, 2.45) is 0 Å². The van der Waals surface area contributed by atoms with Crippen molar-refractivity contribution < 1.29 is 4.74 Å². The summed E-state index contributed by atoms with van der Waals surface area (Å²) in [6.45, 7) is 2.20. The van der Waals surface area contributed by atoms with E-state index in [0.717, 1.165) is 11.3 Å². The van der Waals surface area contributed by atoms with Crippen molar-refractivity contribution in [1.82, 2.24) is 0 Å². The van der Waals surface area contributed by atoms with Crippen LogP contribution in [0.1, 0.15) is 30.9 Å². The first kappa shape index (κ1) is 16.5. The first-order chi connectivity index (χ1) is 10.7. The highest BCUT2D eigenvalue weighted by Crippen LogP contribution is 2.21. The molecule has 0 N–H and O–H groups in total. The molecule has 0 bridgehead atoms. The molecule has 0 saturated heterocycles. The molecule has 0 aliphatic heterocycles. The van der Waals surface area contributed by atoms with Crippen LogP contribution in [0.5, 0.6) is 5.75 Å². The van der Waals surface area contributed by atoms with Crippen LogP contribution in [0.15, 0.2) is 53.4 Å². The highest BCUT2D eigenvalue weighted by atomic mass is 32.2. The van der Waals surface area contributed by atoms with Gasteiger partial charge in [-0.15, -0.1) is 11.8 Å². The molecule has 0 unspecified atom stereocenters. The number of nitrogens with zero attached hydrogens (tertiary/aromatic N) is 1. The van der Waals surface area contributed by atoms with Crippen LogP contribution in [0.3, 0.4) is 0 Å². The van der Waals surface area contributed by atoms with E-state index in [2.05, 4.69) is 25.1 Å². The van der Waals surface area contributed by atoms with Crippen LogP contribution in [0.4, 0.5) is 0 Å². The number of hydrogen-bond acceptors (Lipinski definition) is 4. The molecule has 2 aromatic rings. The SMILES string of the molecule is CCCCSc1ccc(C(=S)Oc2cccc(C#N)c2)cc1. The summed E-state index contributed by atoms with van der Waals surface area (Å²) in [5.41, 5.74) is 1.43. The standard InChI is InChI=1S/C18H17NOS2/c1-2-3-11-22-17-9-7-15(8-10-17)18(21)20-16-6-4-5-14(12-16)13-19/h4-10,12H,2-3,11H2,1H3. The monoisotopic (exact) mass is 327 g/mol. The molecule has 0 fully saturated rings. The average molecular weight is 327 g/mol. The summed E-state index contributed by atoms with van der Waals surface area (Å²) in [5, 5.41) is 9.31. The van der Waals surface area contributed by atoms with Gasteiger partial charge >= 0.3 is 0 Å². The van der Waals surface area contributed by atoms with E-state index in [1.165, 1.54) is 17.7 Å². The highest BCUT2D eigenvalue weighted by molar-refractivity contribution is 7.99. The molecule has 22 heavy (non-hydrogen) atoms. The Morgan fingerprint density at radius 3 is 2.68 bits per heavy atom. The third-order valence-electron chi connectivity index (χ3n) is 3.03. The molecule has 0 atom stereocenters. The van der Waals surface area contributed by atoms with Gasteiger partial charge in [-0.2, -0.15) is 5.26 Å². The van der Waals surface area contributed by atoms with Gasteiger partial charge < -0.3 is 4.74 Å². The minimum absolute atomic E-state index is 0.417. The van der Waals surface area contributed by atoms with E-state index in [4.69, 9.17) is 22.2 Å². The van der Waals surface area contributed by atoms with Crippen molar-refractivity contribution in [3.63, 3.8) is 0 Å². The van der Waals surface area contributed by atoms with Crippen molar-refractivity contribution in [2.45, 2.75) is 24.7 Å². The zero-order valence-electron chi connectivity index (χ0n) is 12.4. The maximum atomic E-state index is 8.89. The Labute approximate surface area is 141 Å². The molecule has 0 radical (unpaired) electrons. The number of rotatable bonds is 6. The lowest BCUT2D eigenvalue weighted by atomic mass is 10.2. The number of nitriles is 1. The van der Waals surface area contributed by atoms with Crippen molar-refractivity contribution in [1.29, 1.82) is 5.26 Å². The highest BCUT2D eigenvalue weighted by Gasteiger charge is 2.05. The van der Waals surface area contributed by atoms with Gasteiger partial charge in [-0.25, -0.2) is 0 Å². The molecule has 0 amide bonds. The Bertz CT molecular complexity index is 674. The number of thiocarbonyl (C=S) groups is 1. The average Bonchev–Trinajstić information content (AvgIpc) is 2.56. The maximum absolute atomic E-state index is 8.89. The Balaban J connectivity index is 1.99. The van der Waals surface area contributed by atoms with Crippen molar-refractivity contribution in [3.05, 3.63) is 59.7 Å². The summed E-state index contributed by atoms with van der Waals surface area (Å²) < 4.78 is 5.65. The van der Waals surface area contributed by atoms with Crippen LogP contribution in [-0.2, 0) is 0 Å². The van der Waals surface area contributed by atoms with Gasteiger partial charge in [0, 0.05) is 10.5 Å². The number of unbranched alkanes of at least 4 members (excludes halogenated alkanes) is 1. The van der Waals surface area contributed by atoms with Crippen molar-refractivity contribution in [2.75, 3.05) is 5.75 Å². The predicted molar refractivity (Wildman–Crippen MR) is 95.6 cm³/mol. The molecular formula is C18H17NOS2. The Kier molecular flexibility index (Phi) is 6.45. The molecule has 2 nitrogen and oxygen atoms in total. The molecule has 0 aliphatic carbocycles. The minimum atomic E-state index is 0.417. The van der Waals surface area contributed by atoms with Gasteiger partial charge in [-0.3, -0.25) is 0 Å². The maximum Gasteiger partial charge on any atom is 0.198 e. The minimum Gasteiger partial charge on any atom is -0.445 e. The van der Waals surface area contributed by atoms with E-state index < -0.39 is 0 Å². The van der Waals surface area contributed by atoms with E-state index in [1.54, 1.807) is 24.3 Å². The molecule has 4 heteroatoms. The third-order valence-corrected chi connectivity index (χ3v) is 4.45. The van der Waals surface area contributed by atoms with Crippen LogP contribution < -0.4 is 4.74 Å². The summed E-state index contributed by atoms with van der Waals surface area (Å²) in [5.74, 6) is 1.73. The largest absolute Gasteiger partial charge is 0.445 e. The first-order valence-corrected chi connectivity index (χ1v) is 8.57. The van der Waals surface area contributed by atoms with Crippen LogP contribution in [-0.4, -0.2) is 10.8 Å². The van der Waals surface area contributed by atoms with Crippen LogP contribution in [0.2, 0.25) is 0 Å². The summed E-state index contributed by atoms with van der Waals surface area (Å²) in [6.07, 6.45) is 2.44. The normalized spacial score (nSPS) is 10.0. The van der Waals surface area contributed by atoms with Gasteiger partial charge in [-0.05, 0) is 66.9 Å². The van der Waals surface area contributed by atoms with E-state index in [1.807, 2.05) is 23.9 Å². The molecule has 112 valence electrons. The van der Waals surface area contributed by atoms with E-state index in [9.17, 15) is 0 Å². The predicted octanol–water partition coefficient (Wildman–Crippen LogP) is 5.20. The topological polar surface area (TPSA) is 33.0 Å². The van der Waals surface area contributed by atoms with E-state index in [-0.39, 0.29) is 0 Å². The van der Waals surface area contributed by atoms with Gasteiger partial charge in [0.15, 0.2) is 5.05 Å². The lowest BCUT2D eigenvalue weighted by molar-refractivity contribution is 0.566. The molecule has 2 aromatic carbocycles. The summed E-state index contributed by atoms with van der Waals surface area (Å²) in [4.78, 5) is 1.24. The second-order valence-electron chi connectivity index (χ2n) is 4.76. The molecule has 0 heterocycles. The second-order valence-corrected chi connectivity index (χ2v) is 6.29.